The molecule has 0 aromatic heterocycles. The van der Waals surface area contributed by atoms with Gasteiger partial charge in [0.05, 0.1) is 17.5 Å². The molecule has 0 radical (unpaired) electrons. The number of alkyl halides is 6. The summed E-state index contributed by atoms with van der Waals surface area (Å²) < 4.78 is 99.4. The third-order valence-corrected chi connectivity index (χ3v) is 5.70. The Morgan fingerprint density at radius 1 is 0.846 bits per heavy atom. The molecule has 12 heteroatoms. The first-order valence-electron chi connectivity index (χ1n) is 11.5. The van der Waals surface area contributed by atoms with E-state index in [1.54, 1.807) is 0 Å². The van der Waals surface area contributed by atoms with Crippen LogP contribution < -0.4 is 0 Å². The van der Waals surface area contributed by atoms with E-state index >= 15 is 0 Å². The molecule has 5 nitrogen and oxygen atoms in total. The number of hydrogen-bond acceptors (Lipinski definition) is 3. The molecule has 0 fully saturated rings. The molecule has 0 spiro atoms. The molecular weight excluding hydrogens is 535 g/mol. The van der Waals surface area contributed by atoms with Crippen LogP contribution in [0.1, 0.15) is 34.7 Å². The van der Waals surface area contributed by atoms with Gasteiger partial charge in [0, 0.05) is 13.1 Å². The molecule has 0 heterocycles. The molecule has 1 amide bonds. The summed E-state index contributed by atoms with van der Waals surface area (Å²) in [5.41, 5.74) is -2.36. The van der Waals surface area contributed by atoms with Crippen molar-refractivity contribution >= 4 is 12.1 Å². The van der Waals surface area contributed by atoms with Crippen LogP contribution in [0, 0.1) is 5.82 Å². The zero-order chi connectivity index (χ0) is 29.0. The Morgan fingerprint density at radius 3 is 2.05 bits per heavy atom. The average Bonchev–Trinajstić information content (AvgIpc) is 2.85. The lowest BCUT2D eigenvalue weighted by molar-refractivity contribution is -0.138. The van der Waals surface area contributed by atoms with Crippen LogP contribution in [0.2, 0.25) is 0 Å². The third kappa shape index (κ3) is 7.95. The summed E-state index contributed by atoms with van der Waals surface area (Å²) in [4.78, 5) is 24.9. The van der Waals surface area contributed by atoms with Crippen LogP contribution in [0.4, 0.5) is 35.5 Å². The number of halogens is 7. The minimum atomic E-state index is -4.85. The summed E-state index contributed by atoms with van der Waals surface area (Å²) in [6.07, 6.45) is -11.3. The van der Waals surface area contributed by atoms with Gasteiger partial charge in [0.1, 0.15) is 12.4 Å². The van der Waals surface area contributed by atoms with Crippen molar-refractivity contribution in [2.24, 2.45) is 0 Å². The van der Waals surface area contributed by atoms with E-state index < -0.39 is 54.3 Å². The second-order valence-electron chi connectivity index (χ2n) is 8.55. The van der Waals surface area contributed by atoms with Gasteiger partial charge in [-0.2, -0.15) is 26.3 Å². The number of carboxylic acid groups (broad SMARTS) is 1. The quantitative estimate of drug-likeness (QED) is 0.295. The van der Waals surface area contributed by atoms with Crippen molar-refractivity contribution in [2.45, 2.75) is 38.8 Å². The topological polar surface area (TPSA) is 66.8 Å². The lowest BCUT2D eigenvalue weighted by Gasteiger charge is -2.23. The minimum absolute atomic E-state index is 0.0230. The van der Waals surface area contributed by atoms with Crippen LogP contribution in [0.5, 0.6) is 0 Å². The van der Waals surface area contributed by atoms with Gasteiger partial charge < -0.3 is 14.7 Å². The first kappa shape index (κ1) is 29.5. The first-order valence-corrected chi connectivity index (χ1v) is 11.5. The van der Waals surface area contributed by atoms with Gasteiger partial charge >= 0.3 is 24.4 Å². The van der Waals surface area contributed by atoms with E-state index in [-0.39, 0.29) is 35.4 Å². The Morgan fingerprint density at radius 2 is 1.49 bits per heavy atom. The molecule has 0 saturated heterocycles. The molecule has 0 bridgehead atoms. The van der Waals surface area contributed by atoms with Crippen LogP contribution in [0.3, 0.4) is 0 Å². The fraction of sp³-hybridized carbons (Fsp3) is 0.259. The summed E-state index contributed by atoms with van der Waals surface area (Å²) in [7, 11) is 0. The maximum absolute atomic E-state index is 13.6. The van der Waals surface area contributed by atoms with Crippen molar-refractivity contribution in [3.63, 3.8) is 0 Å². The lowest BCUT2D eigenvalue weighted by atomic mass is 9.93. The molecule has 208 valence electrons. The van der Waals surface area contributed by atoms with Crippen molar-refractivity contribution in [2.75, 3.05) is 6.54 Å². The molecule has 0 saturated carbocycles. The Labute approximate surface area is 218 Å². The largest absolute Gasteiger partial charge is 0.481 e. The van der Waals surface area contributed by atoms with Gasteiger partial charge in [-0.3, -0.25) is 4.79 Å². The van der Waals surface area contributed by atoms with Gasteiger partial charge in [-0.15, -0.1) is 0 Å². The van der Waals surface area contributed by atoms with E-state index in [9.17, 15) is 40.3 Å². The zero-order valence-electron chi connectivity index (χ0n) is 20.4. The van der Waals surface area contributed by atoms with Crippen LogP contribution in [0.15, 0.2) is 60.7 Å². The summed E-state index contributed by atoms with van der Waals surface area (Å²) in [6, 6.07) is 9.99. The highest BCUT2D eigenvalue weighted by molar-refractivity contribution is 5.75. The predicted molar refractivity (Wildman–Crippen MR) is 126 cm³/mol. The van der Waals surface area contributed by atoms with Crippen LogP contribution in [-0.4, -0.2) is 28.6 Å². The van der Waals surface area contributed by atoms with Crippen LogP contribution in [0.25, 0.3) is 11.1 Å². The van der Waals surface area contributed by atoms with E-state index in [1.807, 2.05) is 0 Å². The number of benzene rings is 3. The van der Waals surface area contributed by atoms with E-state index in [0.29, 0.717) is 23.8 Å². The lowest BCUT2D eigenvalue weighted by Crippen LogP contribution is -2.31. The Kier molecular flexibility index (Phi) is 8.88. The summed E-state index contributed by atoms with van der Waals surface area (Å²) in [5, 5.41) is 9.08. The Hall–Kier alpha value is -4.09. The maximum atomic E-state index is 13.6. The second-order valence-corrected chi connectivity index (χ2v) is 8.55. The Bertz CT molecular complexity index is 1340. The molecule has 0 aliphatic rings. The molecule has 0 aliphatic heterocycles. The fourth-order valence-corrected chi connectivity index (χ4v) is 3.80. The molecule has 3 rings (SSSR count). The molecule has 0 unspecified atom stereocenters. The number of rotatable bonds is 8. The summed E-state index contributed by atoms with van der Waals surface area (Å²) in [6.45, 7) is 0.798. The number of aliphatic carboxylic acids is 1. The monoisotopic (exact) mass is 557 g/mol. The number of ether oxygens (including phenoxy) is 1. The number of nitrogens with zero attached hydrogens (tertiary/aromatic N) is 1. The highest BCUT2D eigenvalue weighted by Gasteiger charge is 2.33. The van der Waals surface area contributed by atoms with Gasteiger partial charge in [-0.25, -0.2) is 9.18 Å². The maximum Gasteiger partial charge on any atom is 0.416 e. The first-order chi connectivity index (χ1) is 18.2. The number of carboxylic acids is 1. The van der Waals surface area contributed by atoms with E-state index in [1.165, 1.54) is 19.1 Å². The van der Waals surface area contributed by atoms with Gasteiger partial charge in [0.2, 0.25) is 0 Å². The van der Waals surface area contributed by atoms with Gasteiger partial charge in [0.15, 0.2) is 0 Å². The standard InChI is InChI=1S/C27H22F7NO4/c1-2-35(25(38)39-15-16-3-6-22(28)7-4-16)14-19-13-20(26(29,30)31)5-8-23(19)18-9-17(11-24(36)37)10-21(12-18)27(32,33)34/h3-10,12-13H,2,11,14-15H2,1H3,(H,36,37). The van der Waals surface area contributed by atoms with Crippen molar-refractivity contribution in [3.8, 4) is 11.1 Å². The number of carbonyl (C=O) groups is 2. The molecule has 0 atom stereocenters. The third-order valence-electron chi connectivity index (χ3n) is 5.70. The molecule has 3 aromatic carbocycles. The Balaban J connectivity index is 2.02. The van der Waals surface area contributed by atoms with Crippen molar-refractivity contribution in [3.05, 3.63) is 94.3 Å². The molecule has 1 N–H and O–H groups in total. The molecular formula is C27H22F7NO4. The summed E-state index contributed by atoms with van der Waals surface area (Å²) in [5.74, 6) is -1.90. The smallest absolute Gasteiger partial charge is 0.416 e. The van der Waals surface area contributed by atoms with Crippen molar-refractivity contribution in [1.29, 1.82) is 0 Å². The van der Waals surface area contributed by atoms with E-state index in [0.717, 1.165) is 35.2 Å². The molecule has 0 aliphatic carbocycles. The fourth-order valence-electron chi connectivity index (χ4n) is 3.80. The van der Waals surface area contributed by atoms with Gasteiger partial charge in [0.25, 0.3) is 0 Å². The number of amides is 1. The highest BCUT2D eigenvalue weighted by Crippen LogP contribution is 2.37. The molecule has 3 aromatic rings. The summed E-state index contributed by atoms with van der Waals surface area (Å²) >= 11 is 0. The van der Waals surface area contributed by atoms with E-state index in [2.05, 4.69) is 0 Å². The highest BCUT2D eigenvalue weighted by atomic mass is 19.4. The number of hydrogen-bond donors (Lipinski definition) is 1. The van der Waals surface area contributed by atoms with Crippen LogP contribution in [-0.2, 0) is 41.5 Å². The zero-order valence-corrected chi connectivity index (χ0v) is 20.4. The minimum Gasteiger partial charge on any atom is -0.481 e. The SMILES string of the molecule is CCN(Cc1cc(C(F)(F)F)ccc1-c1cc(CC(=O)O)cc(C(F)(F)F)c1)C(=O)OCc1ccc(F)cc1. The van der Waals surface area contributed by atoms with E-state index in [4.69, 9.17) is 9.84 Å². The second kappa shape index (κ2) is 11.7. The normalized spacial score (nSPS) is 11.8. The number of carbonyl (C=O) groups excluding carboxylic acids is 1. The predicted octanol–water partition coefficient (Wildman–Crippen LogP) is 7.32. The van der Waals surface area contributed by atoms with Gasteiger partial charge in [-0.05, 0) is 71.1 Å². The van der Waals surface area contributed by atoms with Crippen molar-refractivity contribution in [1.82, 2.24) is 4.90 Å². The average molecular weight is 557 g/mol. The molecule has 39 heavy (non-hydrogen) atoms. The van der Waals surface area contributed by atoms with Crippen molar-refractivity contribution < 1.29 is 50.2 Å². The van der Waals surface area contributed by atoms with Crippen LogP contribution >= 0.6 is 0 Å². The van der Waals surface area contributed by atoms with Gasteiger partial charge in [-0.1, -0.05) is 24.3 Å².